The maximum absolute atomic E-state index is 12.5. The van der Waals surface area contributed by atoms with Gasteiger partial charge in [0.05, 0.1) is 11.1 Å². The van der Waals surface area contributed by atoms with Crippen LogP contribution in [-0.2, 0) is 9.59 Å². The van der Waals surface area contributed by atoms with E-state index >= 15 is 0 Å². The van der Waals surface area contributed by atoms with Crippen molar-refractivity contribution in [3.63, 3.8) is 0 Å². The number of imide groups is 2. The van der Waals surface area contributed by atoms with Gasteiger partial charge in [-0.25, -0.2) is 0 Å². The van der Waals surface area contributed by atoms with E-state index in [1.165, 1.54) is 0 Å². The largest absolute Gasteiger partial charge is 0.281 e. The van der Waals surface area contributed by atoms with Crippen LogP contribution in [0.2, 0.25) is 0 Å². The van der Waals surface area contributed by atoms with Gasteiger partial charge in [-0.3, -0.25) is 29.0 Å². The zero-order valence-electron chi connectivity index (χ0n) is 12.2. The van der Waals surface area contributed by atoms with E-state index < -0.39 is 23.8 Å². The van der Waals surface area contributed by atoms with Crippen LogP contribution in [0.25, 0.3) is 0 Å². The van der Waals surface area contributed by atoms with Gasteiger partial charge >= 0.3 is 0 Å². The molecule has 4 amide bonds. The highest BCUT2D eigenvalue weighted by molar-refractivity contribution is 6.23. The number of piperidine rings is 1. The van der Waals surface area contributed by atoms with Gasteiger partial charge in [0.2, 0.25) is 5.91 Å². The predicted molar refractivity (Wildman–Crippen MR) is 77.0 cm³/mol. The van der Waals surface area contributed by atoms with Gasteiger partial charge in [0.1, 0.15) is 6.04 Å². The molecule has 0 aromatic heterocycles. The van der Waals surface area contributed by atoms with E-state index in [0.29, 0.717) is 24.1 Å². The monoisotopic (exact) mass is 300 g/mol. The lowest BCUT2D eigenvalue weighted by Gasteiger charge is -2.34. The van der Waals surface area contributed by atoms with Crippen molar-refractivity contribution in [3.05, 3.63) is 35.4 Å². The molecule has 2 aliphatic heterocycles. The third kappa shape index (κ3) is 2.03. The summed E-state index contributed by atoms with van der Waals surface area (Å²) in [4.78, 5) is 51.4. The fourth-order valence-electron chi connectivity index (χ4n) is 3.01. The van der Waals surface area contributed by atoms with Crippen LogP contribution in [0.5, 0.6) is 0 Å². The van der Waals surface area contributed by atoms with Crippen molar-refractivity contribution >= 4 is 23.6 Å². The van der Waals surface area contributed by atoms with Crippen LogP contribution in [0.15, 0.2) is 24.3 Å². The molecular formula is C16H16N2O4. The molecule has 6 heteroatoms. The molecule has 1 fully saturated rings. The number of amides is 4. The number of carbonyl (C=O) groups is 4. The van der Waals surface area contributed by atoms with Gasteiger partial charge in [-0.15, -0.1) is 0 Å². The van der Waals surface area contributed by atoms with Crippen molar-refractivity contribution in [1.29, 1.82) is 0 Å². The van der Waals surface area contributed by atoms with Gasteiger partial charge < -0.3 is 0 Å². The van der Waals surface area contributed by atoms with E-state index in [0.717, 1.165) is 9.80 Å². The Kier molecular flexibility index (Phi) is 3.52. The summed E-state index contributed by atoms with van der Waals surface area (Å²) in [6.07, 6.45) is 1.01. The van der Waals surface area contributed by atoms with Crippen LogP contribution in [0.1, 0.15) is 46.9 Å². The molecule has 2 heterocycles. The topological polar surface area (TPSA) is 74.8 Å². The van der Waals surface area contributed by atoms with Crippen molar-refractivity contribution in [2.24, 2.45) is 0 Å². The third-order valence-corrected chi connectivity index (χ3v) is 4.07. The fourth-order valence-corrected chi connectivity index (χ4v) is 3.01. The molecule has 6 nitrogen and oxygen atoms in total. The lowest BCUT2D eigenvalue weighted by atomic mass is 10.0. The Bertz CT molecular complexity index is 647. The summed E-state index contributed by atoms with van der Waals surface area (Å²) in [6.45, 7) is 2.18. The van der Waals surface area contributed by atoms with Crippen molar-refractivity contribution in [2.75, 3.05) is 6.54 Å². The maximum Gasteiger partial charge on any atom is 0.262 e. The first kappa shape index (κ1) is 14.4. The van der Waals surface area contributed by atoms with E-state index in [2.05, 4.69) is 0 Å². The first-order valence-electron chi connectivity index (χ1n) is 7.37. The van der Waals surface area contributed by atoms with Crippen molar-refractivity contribution in [2.45, 2.75) is 32.2 Å². The minimum atomic E-state index is -0.878. The van der Waals surface area contributed by atoms with Gasteiger partial charge in [-0.1, -0.05) is 19.1 Å². The second-order valence-corrected chi connectivity index (χ2v) is 5.46. The van der Waals surface area contributed by atoms with E-state index in [4.69, 9.17) is 0 Å². The summed E-state index contributed by atoms with van der Waals surface area (Å²) in [6, 6.07) is 5.65. The predicted octanol–water partition coefficient (Wildman–Crippen LogP) is 1.21. The van der Waals surface area contributed by atoms with Gasteiger partial charge in [-0.05, 0) is 25.0 Å². The van der Waals surface area contributed by atoms with Gasteiger partial charge in [0.15, 0.2) is 0 Å². The first-order chi connectivity index (χ1) is 10.6. The average molecular weight is 300 g/mol. The highest BCUT2D eigenvalue weighted by Gasteiger charge is 2.46. The van der Waals surface area contributed by atoms with Crippen molar-refractivity contribution < 1.29 is 19.2 Å². The number of benzene rings is 1. The molecule has 1 aromatic rings. The number of nitrogens with zero attached hydrogens (tertiary/aromatic N) is 2. The minimum absolute atomic E-state index is 0.170. The molecule has 1 saturated heterocycles. The van der Waals surface area contributed by atoms with E-state index in [1.807, 2.05) is 6.92 Å². The van der Waals surface area contributed by atoms with Crippen molar-refractivity contribution in [3.8, 4) is 0 Å². The van der Waals surface area contributed by atoms with E-state index in [1.54, 1.807) is 24.3 Å². The Morgan fingerprint density at radius 3 is 2.18 bits per heavy atom. The third-order valence-electron chi connectivity index (χ3n) is 4.07. The molecule has 0 radical (unpaired) electrons. The molecule has 0 bridgehead atoms. The van der Waals surface area contributed by atoms with E-state index in [9.17, 15) is 19.2 Å². The molecule has 1 aromatic carbocycles. The van der Waals surface area contributed by atoms with Gasteiger partial charge in [0, 0.05) is 13.0 Å². The molecule has 1 unspecified atom stereocenters. The smallest absolute Gasteiger partial charge is 0.262 e. The Balaban J connectivity index is 1.92. The molecular weight excluding hydrogens is 284 g/mol. The van der Waals surface area contributed by atoms with Crippen LogP contribution >= 0.6 is 0 Å². The maximum atomic E-state index is 12.5. The van der Waals surface area contributed by atoms with Crippen LogP contribution < -0.4 is 0 Å². The van der Waals surface area contributed by atoms with Crippen LogP contribution in [0, 0.1) is 0 Å². The highest BCUT2D eigenvalue weighted by atomic mass is 16.2. The summed E-state index contributed by atoms with van der Waals surface area (Å²) in [5.74, 6) is -1.60. The average Bonchev–Trinajstić information content (AvgIpc) is 2.77. The lowest BCUT2D eigenvalue weighted by Crippen LogP contribution is -2.56. The normalized spacial score (nSPS) is 21.6. The first-order valence-corrected chi connectivity index (χ1v) is 7.37. The SMILES string of the molecule is CCCN1C(=O)CCC(N2C(=O)c3ccccc3C2=O)C1=O. The number of carbonyl (C=O) groups excluding carboxylic acids is 4. The van der Waals surface area contributed by atoms with Crippen LogP contribution in [0.4, 0.5) is 0 Å². The molecule has 1 atom stereocenters. The number of rotatable bonds is 3. The Morgan fingerprint density at radius 2 is 1.64 bits per heavy atom. The quantitative estimate of drug-likeness (QED) is 0.786. The standard InChI is InChI=1S/C16H16N2O4/c1-2-9-17-13(19)8-7-12(16(17)22)18-14(20)10-5-3-4-6-11(10)15(18)21/h3-6,12H,2,7-9H2,1H3. The van der Waals surface area contributed by atoms with Crippen LogP contribution in [0.3, 0.4) is 0 Å². The molecule has 2 aliphatic rings. The lowest BCUT2D eigenvalue weighted by molar-refractivity contribution is -0.151. The summed E-state index contributed by atoms with van der Waals surface area (Å²) in [5, 5.41) is 0. The van der Waals surface area contributed by atoms with Gasteiger partial charge in [-0.2, -0.15) is 0 Å². The highest BCUT2D eigenvalue weighted by Crippen LogP contribution is 2.28. The molecule has 0 saturated carbocycles. The summed E-state index contributed by atoms with van der Waals surface area (Å²) in [5.41, 5.74) is 0.637. The second kappa shape index (κ2) is 5.36. The summed E-state index contributed by atoms with van der Waals surface area (Å²) < 4.78 is 0. The Morgan fingerprint density at radius 1 is 1.05 bits per heavy atom. The summed E-state index contributed by atoms with van der Waals surface area (Å²) in [7, 11) is 0. The zero-order chi connectivity index (χ0) is 15.9. The molecule has 0 N–H and O–H groups in total. The van der Waals surface area contributed by atoms with Crippen LogP contribution in [-0.4, -0.2) is 46.0 Å². The molecule has 0 aliphatic carbocycles. The molecule has 22 heavy (non-hydrogen) atoms. The summed E-state index contributed by atoms with van der Waals surface area (Å²) >= 11 is 0. The number of hydrogen-bond donors (Lipinski definition) is 0. The fraction of sp³-hybridized carbons (Fsp3) is 0.375. The van der Waals surface area contributed by atoms with Gasteiger partial charge in [0.25, 0.3) is 17.7 Å². The van der Waals surface area contributed by atoms with Crippen molar-refractivity contribution in [1.82, 2.24) is 9.80 Å². The second-order valence-electron chi connectivity index (χ2n) is 5.46. The zero-order valence-corrected chi connectivity index (χ0v) is 12.2. The Hall–Kier alpha value is -2.50. The molecule has 114 valence electrons. The minimum Gasteiger partial charge on any atom is -0.281 e. The Labute approximate surface area is 127 Å². The number of fused-ring (bicyclic) bond motifs is 1. The number of hydrogen-bond acceptors (Lipinski definition) is 4. The molecule has 3 rings (SSSR count). The number of likely N-dealkylation sites (tertiary alicyclic amines) is 1. The molecule has 0 spiro atoms. The van der Waals surface area contributed by atoms with E-state index in [-0.39, 0.29) is 18.7 Å².